The molecule has 10 heteroatoms. The minimum absolute atomic E-state index is 0.0214. The Kier molecular flexibility index (Phi) is 6.05. The molecule has 0 spiro atoms. The van der Waals surface area contributed by atoms with Crippen molar-refractivity contribution in [1.82, 2.24) is 15.0 Å². The average molecular weight is 405 g/mol. The zero-order chi connectivity index (χ0) is 20.5. The minimum Gasteiger partial charge on any atom is -0.338 e. The lowest BCUT2D eigenvalue weighted by atomic mass is 10.0. The van der Waals surface area contributed by atoms with Gasteiger partial charge in [0, 0.05) is 62.9 Å². The third kappa shape index (κ3) is 4.71. The fourth-order valence-corrected chi connectivity index (χ4v) is 4.83. The Bertz CT molecular complexity index is 635. The topological polar surface area (TPSA) is 152 Å². The van der Waals surface area contributed by atoms with Crippen molar-refractivity contribution >= 4 is 17.8 Å². The molecule has 162 valence electrons. The second-order valence-electron chi connectivity index (χ2n) is 9.10. The maximum absolute atomic E-state index is 6.23. The van der Waals surface area contributed by atoms with E-state index in [1.54, 1.807) is 0 Å². The van der Waals surface area contributed by atoms with E-state index in [-0.39, 0.29) is 24.2 Å². The zero-order valence-corrected chi connectivity index (χ0v) is 17.5. The highest BCUT2D eigenvalue weighted by atomic mass is 15.4. The second-order valence-corrected chi connectivity index (χ2v) is 9.10. The number of rotatable bonds is 3. The van der Waals surface area contributed by atoms with Crippen LogP contribution in [-0.4, -0.2) is 77.9 Å². The van der Waals surface area contributed by atoms with Gasteiger partial charge in [-0.15, -0.1) is 0 Å². The molecule has 8 N–H and O–H groups in total. The Morgan fingerprint density at radius 3 is 1.59 bits per heavy atom. The van der Waals surface area contributed by atoms with Crippen molar-refractivity contribution in [2.75, 3.05) is 47.4 Å². The minimum atomic E-state index is 0.0214. The van der Waals surface area contributed by atoms with E-state index in [0.29, 0.717) is 44.1 Å². The van der Waals surface area contributed by atoms with Gasteiger partial charge in [0.05, 0.1) is 0 Å². The Morgan fingerprint density at radius 2 is 1.14 bits per heavy atom. The van der Waals surface area contributed by atoms with Crippen molar-refractivity contribution in [2.45, 2.75) is 69.2 Å². The van der Waals surface area contributed by atoms with E-state index in [9.17, 15) is 0 Å². The molecule has 0 radical (unpaired) electrons. The Morgan fingerprint density at radius 1 is 0.690 bits per heavy atom. The largest absolute Gasteiger partial charge is 0.338 e. The Balaban J connectivity index is 1.69. The lowest BCUT2D eigenvalue weighted by Gasteiger charge is -2.38. The molecule has 3 fully saturated rings. The summed E-state index contributed by atoms with van der Waals surface area (Å²) in [7, 11) is 0. The number of hydrogen-bond acceptors (Lipinski definition) is 10. The number of hydrogen-bond donors (Lipinski definition) is 4. The molecule has 4 rings (SSSR count). The van der Waals surface area contributed by atoms with Crippen molar-refractivity contribution in [3.63, 3.8) is 0 Å². The van der Waals surface area contributed by atoms with Crippen LogP contribution in [0.1, 0.15) is 39.0 Å². The molecular weight excluding hydrogens is 368 g/mol. The van der Waals surface area contributed by atoms with Crippen molar-refractivity contribution < 1.29 is 0 Å². The van der Waals surface area contributed by atoms with Crippen LogP contribution in [0.4, 0.5) is 17.8 Å². The summed E-state index contributed by atoms with van der Waals surface area (Å²) in [5.74, 6) is 2.04. The lowest BCUT2D eigenvalue weighted by Crippen LogP contribution is -2.54. The summed E-state index contributed by atoms with van der Waals surface area (Å²) in [6, 6.07) is 0.492. The van der Waals surface area contributed by atoms with Gasteiger partial charge in [-0.3, -0.25) is 0 Å². The maximum Gasteiger partial charge on any atom is 0.232 e. The fraction of sp³-hybridized carbons (Fsp3) is 0.842. The van der Waals surface area contributed by atoms with Gasteiger partial charge >= 0.3 is 0 Å². The van der Waals surface area contributed by atoms with Gasteiger partial charge < -0.3 is 37.6 Å². The van der Waals surface area contributed by atoms with Gasteiger partial charge in [-0.1, -0.05) is 0 Å². The molecule has 0 aliphatic carbocycles. The molecule has 3 saturated heterocycles. The Hall–Kier alpha value is -1.75. The van der Waals surface area contributed by atoms with E-state index in [1.165, 1.54) is 6.42 Å². The van der Waals surface area contributed by atoms with Gasteiger partial charge in [0.25, 0.3) is 0 Å². The molecule has 0 bridgehead atoms. The van der Waals surface area contributed by atoms with E-state index in [0.717, 1.165) is 38.2 Å². The van der Waals surface area contributed by atoms with E-state index < -0.39 is 0 Å². The fourth-order valence-electron chi connectivity index (χ4n) is 4.83. The highest BCUT2D eigenvalue weighted by Gasteiger charge is 2.30. The molecule has 0 saturated carbocycles. The van der Waals surface area contributed by atoms with Crippen LogP contribution in [0.5, 0.6) is 0 Å². The molecule has 5 atom stereocenters. The van der Waals surface area contributed by atoms with Crippen LogP contribution in [0.2, 0.25) is 0 Å². The summed E-state index contributed by atoms with van der Waals surface area (Å²) >= 11 is 0. The normalized spacial score (nSPS) is 33.8. The Labute approximate surface area is 173 Å². The maximum atomic E-state index is 6.23. The van der Waals surface area contributed by atoms with Crippen LogP contribution in [-0.2, 0) is 0 Å². The summed E-state index contributed by atoms with van der Waals surface area (Å²) in [6.45, 7) is 6.00. The van der Waals surface area contributed by atoms with Crippen molar-refractivity contribution in [1.29, 1.82) is 0 Å². The second kappa shape index (κ2) is 8.55. The molecule has 3 aliphatic rings. The van der Waals surface area contributed by atoms with E-state index in [4.69, 9.17) is 37.9 Å². The molecule has 4 heterocycles. The monoisotopic (exact) mass is 404 g/mol. The highest BCUT2D eigenvalue weighted by Crippen LogP contribution is 2.27. The van der Waals surface area contributed by atoms with Crippen LogP contribution in [0, 0.1) is 0 Å². The summed E-state index contributed by atoms with van der Waals surface area (Å²) in [5.41, 5.74) is 24.9. The molecule has 5 unspecified atom stereocenters. The van der Waals surface area contributed by atoms with Crippen molar-refractivity contribution in [2.24, 2.45) is 22.9 Å². The van der Waals surface area contributed by atoms with Crippen LogP contribution >= 0.6 is 0 Å². The molecule has 1 aromatic rings. The first-order chi connectivity index (χ1) is 13.9. The predicted octanol–water partition coefficient (Wildman–Crippen LogP) is -1.02. The third-order valence-electron chi connectivity index (χ3n) is 6.26. The summed E-state index contributed by atoms with van der Waals surface area (Å²) < 4.78 is 0. The quantitative estimate of drug-likeness (QED) is 0.492. The molecular formula is C19H36N10. The van der Waals surface area contributed by atoms with Crippen molar-refractivity contribution in [3.8, 4) is 0 Å². The van der Waals surface area contributed by atoms with Gasteiger partial charge in [-0.2, -0.15) is 15.0 Å². The smallest absolute Gasteiger partial charge is 0.232 e. The van der Waals surface area contributed by atoms with E-state index in [2.05, 4.69) is 21.6 Å². The van der Waals surface area contributed by atoms with Crippen LogP contribution < -0.4 is 37.6 Å². The predicted molar refractivity (Wildman–Crippen MR) is 116 cm³/mol. The van der Waals surface area contributed by atoms with Gasteiger partial charge in [0.2, 0.25) is 17.8 Å². The first kappa shape index (κ1) is 20.5. The number of aromatic nitrogens is 3. The summed E-state index contributed by atoms with van der Waals surface area (Å²) in [6.07, 6.45) is 5.18. The molecule has 1 aromatic heterocycles. The standard InChI is InChI=1S/C19H36N10/c1-12-4-2-3-5-29(12)19-25-17(27-8-13(20)6-14(21)9-27)24-18(26-19)28-10-15(22)7-16(23)11-28/h12-16H,2-11,20-23H2,1H3. The van der Waals surface area contributed by atoms with Crippen LogP contribution in [0.3, 0.4) is 0 Å². The first-order valence-electron chi connectivity index (χ1n) is 10.9. The van der Waals surface area contributed by atoms with Gasteiger partial charge in [-0.25, -0.2) is 0 Å². The van der Waals surface area contributed by atoms with Crippen molar-refractivity contribution in [3.05, 3.63) is 0 Å². The summed E-state index contributed by atoms with van der Waals surface area (Å²) in [5, 5.41) is 0. The van der Waals surface area contributed by atoms with Gasteiger partial charge in [0.15, 0.2) is 0 Å². The molecule has 29 heavy (non-hydrogen) atoms. The number of nitrogens with zero attached hydrogens (tertiary/aromatic N) is 6. The number of piperidine rings is 3. The van der Waals surface area contributed by atoms with Gasteiger partial charge in [0.1, 0.15) is 0 Å². The summed E-state index contributed by atoms with van der Waals surface area (Å²) in [4.78, 5) is 21.0. The van der Waals surface area contributed by atoms with Crippen LogP contribution in [0.25, 0.3) is 0 Å². The van der Waals surface area contributed by atoms with E-state index >= 15 is 0 Å². The van der Waals surface area contributed by atoms with E-state index in [1.807, 2.05) is 0 Å². The first-order valence-corrected chi connectivity index (χ1v) is 10.9. The van der Waals surface area contributed by atoms with Gasteiger partial charge in [-0.05, 0) is 39.0 Å². The average Bonchev–Trinajstić information content (AvgIpc) is 2.66. The number of anilines is 3. The lowest BCUT2D eigenvalue weighted by molar-refractivity contribution is 0.438. The molecule has 10 nitrogen and oxygen atoms in total. The SMILES string of the molecule is CC1CCCCN1c1nc(N2CC(N)CC(N)C2)nc(N2CC(N)CC(N)C2)n1. The molecule has 0 aromatic carbocycles. The zero-order valence-electron chi connectivity index (χ0n) is 17.5. The molecule has 0 amide bonds. The number of nitrogens with two attached hydrogens (primary N) is 4. The third-order valence-corrected chi connectivity index (χ3v) is 6.26. The molecule has 3 aliphatic heterocycles. The van der Waals surface area contributed by atoms with Crippen LogP contribution in [0.15, 0.2) is 0 Å². The highest BCUT2D eigenvalue weighted by molar-refractivity contribution is 5.48.